The van der Waals surface area contributed by atoms with E-state index in [9.17, 15) is 0 Å². The van der Waals surface area contributed by atoms with E-state index >= 15 is 0 Å². The average Bonchev–Trinajstić information content (AvgIpc) is 1.94. The zero-order chi connectivity index (χ0) is 7.56. The molecule has 0 aliphatic carbocycles. The van der Waals surface area contributed by atoms with Crippen LogP contribution in [0.15, 0.2) is 16.2 Å². The van der Waals surface area contributed by atoms with Crippen LogP contribution in [0.2, 0.25) is 0 Å². The minimum absolute atomic E-state index is 0.266. The van der Waals surface area contributed by atoms with Crippen LogP contribution in [0.5, 0.6) is 0 Å². The first-order valence-electron chi connectivity index (χ1n) is 2.61. The molecule has 1 aliphatic rings. The van der Waals surface area contributed by atoms with Gasteiger partial charge in [-0.05, 0) is 6.08 Å². The summed E-state index contributed by atoms with van der Waals surface area (Å²) in [7, 11) is 0. The maximum absolute atomic E-state index is 8.43. The smallest absolute Gasteiger partial charge is 0.156 e. The Hall–Kier alpha value is -0.720. The van der Waals surface area contributed by atoms with Crippen molar-refractivity contribution in [2.24, 2.45) is 4.99 Å². The van der Waals surface area contributed by atoms with Gasteiger partial charge in [0.15, 0.2) is 5.71 Å². The van der Waals surface area contributed by atoms with Crippen molar-refractivity contribution in [3.05, 3.63) is 11.2 Å². The molecule has 1 aliphatic heterocycles. The molecular weight excluding hydrogens is 168 g/mol. The predicted molar refractivity (Wildman–Crippen MR) is 44.2 cm³/mol. The number of nitrogens with zero attached hydrogens (tertiary/aromatic N) is 2. The first-order valence-corrected chi connectivity index (χ1v) is 3.40. The van der Waals surface area contributed by atoms with Crippen LogP contribution in [-0.2, 0) is 0 Å². The summed E-state index contributed by atoms with van der Waals surface area (Å²) in [4.78, 5) is 4.28. The summed E-state index contributed by atoms with van der Waals surface area (Å²) >= 11 is 10.3. The van der Waals surface area contributed by atoms with E-state index < -0.39 is 0 Å². The van der Waals surface area contributed by atoms with Gasteiger partial charge in [-0.1, -0.05) is 23.8 Å². The van der Waals surface area contributed by atoms with Crippen molar-refractivity contribution in [2.45, 2.75) is 6.42 Å². The van der Waals surface area contributed by atoms with Gasteiger partial charge in [-0.25, -0.2) is 4.99 Å². The molecule has 0 aromatic carbocycles. The molecule has 0 atom stereocenters. The highest BCUT2D eigenvalue weighted by Crippen LogP contribution is 2.12. The minimum Gasteiger partial charge on any atom is -0.225 e. The molecule has 0 fully saturated rings. The number of thiocarbonyl (C=S) groups is 1. The molecule has 0 amide bonds. The molecule has 0 unspecified atom stereocenters. The number of halogens is 1. The van der Waals surface area contributed by atoms with Crippen LogP contribution in [0.4, 0.5) is 0 Å². The second kappa shape index (κ2) is 2.91. The standard InChI is InChI=1S/C6H3ClN2S/c7-6-2-1-5(10)4(3-8)9-6/h2H,1H2. The lowest BCUT2D eigenvalue weighted by atomic mass is 10.2. The summed E-state index contributed by atoms with van der Waals surface area (Å²) in [5, 5.41) is 8.78. The van der Waals surface area contributed by atoms with Gasteiger partial charge >= 0.3 is 0 Å². The van der Waals surface area contributed by atoms with E-state index in [0.29, 0.717) is 16.4 Å². The van der Waals surface area contributed by atoms with Gasteiger partial charge in [0.25, 0.3) is 0 Å². The van der Waals surface area contributed by atoms with Gasteiger partial charge in [-0.3, -0.25) is 0 Å². The fraction of sp³-hybridized carbons (Fsp3) is 0.167. The Balaban J connectivity index is 2.97. The zero-order valence-electron chi connectivity index (χ0n) is 4.97. The number of hydrogen-bond acceptors (Lipinski definition) is 3. The molecule has 0 saturated carbocycles. The molecule has 10 heavy (non-hydrogen) atoms. The topological polar surface area (TPSA) is 36.1 Å². The van der Waals surface area contributed by atoms with Crippen molar-refractivity contribution in [3.63, 3.8) is 0 Å². The molecule has 0 saturated heterocycles. The molecule has 0 N–H and O–H groups in total. The normalized spacial score (nSPS) is 17.4. The van der Waals surface area contributed by atoms with Crippen molar-refractivity contribution >= 4 is 34.4 Å². The quantitative estimate of drug-likeness (QED) is 0.411. The number of allylic oxidation sites excluding steroid dienone is 1. The van der Waals surface area contributed by atoms with Gasteiger partial charge in [0.2, 0.25) is 0 Å². The Morgan fingerprint density at radius 2 is 2.50 bits per heavy atom. The first-order chi connectivity index (χ1) is 4.74. The van der Waals surface area contributed by atoms with Crippen LogP contribution in [0.3, 0.4) is 0 Å². The maximum atomic E-state index is 8.43. The summed E-state index contributed by atoms with van der Waals surface area (Å²) in [5.74, 6) is 0. The van der Waals surface area contributed by atoms with E-state index in [0.717, 1.165) is 0 Å². The first kappa shape index (κ1) is 7.39. The summed E-state index contributed by atoms with van der Waals surface area (Å²) in [5.41, 5.74) is 0.266. The summed E-state index contributed by atoms with van der Waals surface area (Å²) in [6, 6.07) is 1.87. The summed E-state index contributed by atoms with van der Waals surface area (Å²) in [6.45, 7) is 0. The van der Waals surface area contributed by atoms with Crippen LogP contribution in [0, 0.1) is 11.3 Å². The van der Waals surface area contributed by atoms with Crippen LogP contribution >= 0.6 is 23.8 Å². The van der Waals surface area contributed by atoms with Gasteiger partial charge in [0.05, 0.1) is 4.86 Å². The second-order valence-electron chi connectivity index (χ2n) is 1.73. The number of rotatable bonds is 0. The monoisotopic (exact) mass is 170 g/mol. The Kier molecular flexibility index (Phi) is 2.15. The molecule has 1 heterocycles. The third-order valence-electron chi connectivity index (χ3n) is 1.04. The molecule has 1 rings (SSSR count). The molecule has 50 valence electrons. The summed E-state index contributed by atoms with van der Waals surface area (Å²) in [6.07, 6.45) is 2.24. The van der Waals surface area contributed by atoms with Gasteiger partial charge in [0.1, 0.15) is 11.2 Å². The van der Waals surface area contributed by atoms with E-state index in [-0.39, 0.29) is 5.71 Å². The highest BCUT2D eigenvalue weighted by Gasteiger charge is 2.09. The van der Waals surface area contributed by atoms with E-state index in [1.165, 1.54) is 0 Å². The molecule has 2 nitrogen and oxygen atoms in total. The van der Waals surface area contributed by atoms with Gasteiger partial charge in [0, 0.05) is 6.42 Å². The fourth-order valence-corrected chi connectivity index (χ4v) is 0.912. The number of aliphatic imine (C=N–C) groups is 1. The van der Waals surface area contributed by atoms with Crippen LogP contribution < -0.4 is 0 Å². The molecule has 0 bridgehead atoms. The average molecular weight is 171 g/mol. The lowest BCUT2D eigenvalue weighted by molar-refractivity contribution is 1.38. The number of hydrogen-bond donors (Lipinski definition) is 0. The van der Waals surface area contributed by atoms with Crippen LogP contribution in [0.25, 0.3) is 0 Å². The van der Waals surface area contributed by atoms with E-state index in [1.54, 1.807) is 6.08 Å². The SMILES string of the molecule is N#CC1=NC(Cl)=CCC1=S. The second-order valence-corrected chi connectivity index (χ2v) is 2.61. The highest BCUT2D eigenvalue weighted by atomic mass is 35.5. The van der Waals surface area contributed by atoms with E-state index in [2.05, 4.69) is 4.99 Å². The van der Waals surface area contributed by atoms with E-state index in [1.807, 2.05) is 6.07 Å². The maximum Gasteiger partial charge on any atom is 0.156 e. The van der Waals surface area contributed by atoms with Crippen molar-refractivity contribution < 1.29 is 0 Å². The zero-order valence-corrected chi connectivity index (χ0v) is 6.54. The minimum atomic E-state index is 0.266. The van der Waals surface area contributed by atoms with Crippen molar-refractivity contribution in [3.8, 4) is 6.07 Å². The predicted octanol–water partition coefficient (Wildman–Crippen LogP) is 1.80. The van der Waals surface area contributed by atoms with Gasteiger partial charge < -0.3 is 0 Å². The Morgan fingerprint density at radius 1 is 1.80 bits per heavy atom. The molecule has 0 spiro atoms. The Morgan fingerprint density at radius 3 is 3.00 bits per heavy atom. The van der Waals surface area contributed by atoms with Crippen molar-refractivity contribution in [1.82, 2.24) is 0 Å². The molecular formula is C6H3ClN2S. The van der Waals surface area contributed by atoms with Gasteiger partial charge in [-0.2, -0.15) is 5.26 Å². The molecule has 0 aromatic heterocycles. The molecule has 4 heteroatoms. The fourth-order valence-electron chi connectivity index (χ4n) is 0.576. The Labute approximate surface area is 68.8 Å². The highest BCUT2D eigenvalue weighted by molar-refractivity contribution is 7.82. The lowest BCUT2D eigenvalue weighted by Crippen LogP contribution is -2.11. The molecule has 0 aromatic rings. The summed E-state index contributed by atoms with van der Waals surface area (Å²) < 4.78 is 0. The van der Waals surface area contributed by atoms with Gasteiger partial charge in [-0.15, -0.1) is 0 Å². The van der Waals surface area contributed by atoms with E-state index in [4.69, 9.17) is 29.1 Å². The number of nitriles is 1. The van der Waals surface area contributed by atoms with Crippen LogP contribution in [0.1, 0.15) is 6.42 Å². The van der Waals surface area contributed by atoms with Crippen molar-refractivity contribution in [1.29, 1.82) is 5.26 Å². The third kappa shape index (κ3) is 1.41. The molecule has 0 radical (unpaired) electrons. The third-order valence-corrected chi connectivity index (χ3v) is 1.64. The lowest BCUT2D eigenvalue weighted by Gasteiger charge is -2.02. The Bertz CT molecular complexity index is 272. The largest absolute Gasteiger partial charge is 0.225 e. The van der Waals surface area contributed by atoms with Crippen molar-refractivity contribution in [2.75, 3.05) is 0 Å². The van der Waals surface area contributed by atoms with Crippen LogP contribution in [-0.4, -0.2) is 10.6 Å².